The maximum absolute atomic E-state index is 3.62. The normalized spacial score (nSPS) is 12.7. The van der Waals surface area contributed by atoms with Gasteiger partial charge in [-0.05, 0) is 74.7 Å². The van der Waals surface area contributed by atoms with E-state index in [9.17, 15) is 0 Å². The number of hydrogen-bond acceptors (Lipinski definition) is 2. The van der Waals surface area contributed by atoms with Gasteiger partial charge in [-0.1, -0.05) is 38.8 Å². The van der Waals surface area contributed by atoms with E-state index in [2.05, 4.69) is 100 Å². The second-order valence-corrected chi connectivity index (χ2v) is 9.45. The molecule has 1 nitrogen and oxygen atoms in total. The second-order valence-electron chi connectivity index (χ2n) is 4.36. The van der Waals surface area contributed by atoms with Gasteiger partial charge in [-0.3, -0.25) is 0 Å². The summed E-state index contributed by atoms with van der Waals surface area (Å²) in [5, 5.41) is 3.62. The van der Waals surface area contributed by atoms with Crippen LogP contribution in [0.2, 0.25) is 0 Å². The molecule has 0 aliphatic rings. The van der Waals surface area contributed by atoms with Gasteiger partial charge in [0.05, 0.1) is 9.83 Å². The highest BCUT2D eigenvalue weighted by Gasteiger charge is 2.18. The van der Waals surface area contributed by atoms with Crippen molar-refractivity contribution < 1.29 is 0 Å². The fourth-order valence-corrected chi connectivity index (χ4v) is 5.44. The molecule has 1 unspecified atom stereocenters. The Balaban J connectivity index is 2.40. The van der Waals surface area contributed by atoms with Gasteiger partial charge in [0.25, 0.3) is 0 Å². The molecule has 0 spiro atoms. The van der Waals surface area contributed by atoms with E-state index in [-0.39, 0.29) is 6.04 Å². The predicted octanol–water partition coefficient (Wildman–Crippen LogP) is 6.89. The zero-order chi connectivity index (χ0) is 14.7. The highest BCUT2D eigenvalue weighted by molar-refractivity contribution is 9.13. The van der Waals surface area contributed by atoms with E-state index in [1.165, 1.54) is 10.4 Å². The molecule has 0 aliphatic heterocycles. The first-order valence-corrected chi connectivity index (χ1v) is 10.1. The Kier molecular flexibility index (Phi) is 6.76. The summed E-state index contributed by atoms with van der Waals surface area (Å²) in [6.45, 7) is 3.17. The third-order valence-electron chi connectivity index (χ3n) is 2.77. The zero-order valence-corrected chi connectivity index (χ0v) is 17.9. The van der Waals surface area contributed by atoms with E-state index in [0.717, 1.165) is 30.2 Å². The Labute approximate surface area is 157 Å². The summed E-state index contributed by atoms with van der Waals surface area (Å²) in [7, 11) is 0. The van der Waals surface area contributed by atoms with Crippen LogP contribution in [0.3, 0.4) is 0 Å². The SMILES string of the molecule is CCCNC(c1cc(Br)cc(Br)c1)c1cc(Br)c(Br)s1. The maximum atomic E-state index is 3.62. The minimum atomic E-state index is 0.205. The van der Waals surface area contributed by atoms with Crippen molar-refractivity contribution in [2.45, 2.75) is 19.4 Å². The van der Waals surface area contributed by atoms with E-state index in [1.54, 1.807) is 11.3 Å². The van der Waals surface area contributed by atoms with Gasteiger partial charge >= 0.3 is 0 Å². The Morgan fingerprint density at radius 1 is 1.05 bits per heavy atom. The number of benzene rings is 1. The number of hydrogen-bond donors (Lipinski definition) is 1. The van der Waals surface area contributed by atoms with E-state index in [0.29, 0.717) is 0 Å². The summed E-state index contributed by atoms with van der Waals surface area (Å²) < 4.78 is 4.40. The lowest BCUT2D eigenvalue weighted by atomic mass is 10.1. The molecule has 0 aliphatic carbocycles. The van der Waals surface area contributed by atoms with Crippen molar-refractivity contribution in [1.29, 1.82) is 0 Å². The first kappa shape index (κ1) is 17.2. The van der Waals surface area contributed by atoms with Gasteiger partial charge < -0.3 is 5.32 Å². The molecule has 0 amide bonds. The van der Waals surface area contributed by atoms with Gasteiger partial charge in [0.15, 0.2) is 0 Å². The second kappa shape index (κ2) is 7.88. The molecule has 6 heteroatoms. The Morgan fingerprint density at radius 2 is 1.70 bits per heavy atom. The van der Waals surface area contributed by atoms with E-state index >= 15 is 0 Å². The molecule has 1 aromatic heterocycles. The first-order chi connectivity index (χ1) is 9.51. The van der Waals surface area contributed by atoms with Crippen LogP contribution in [0.4, 0.5) is 0 Å². The molecular formula is C14H13Br4NS. The Bertz CT molecular complexity index is 557. The summed E-state index contributed by atoms with van der Waals surface area (Å²) in [6.07, 6.45) is 1.11. The summed E-state index contributed by atoms with van der Waals surface area (Å²) in [5.41, 5.74) is 1.25. The molecule has 20 heavy (non-hydrogen) atoms. The van der Waals surface area contributed by atoms with E-state index < -0.39 is 0 Å². The van der Waals surface area contributed by atoms with Gasteiger partial charge in [0.1, 0.15) is 0 Å². The first-order valence-electron chi connectivity index (χ1n) is 6.15. The number of halogens is 4. The fourth-order valence-electron chi connectivity index (χ4n) is 1.92. The van der Waals surface area contributed by atoms with Gasteiger partial charge in [0.2, 0.25) is 0 Å². The van der Waals surface area contributed by atoms with Gasteiger partial charge in [-0.15, -0.1) is 11.3 Å². The molecule has 1 atom stereocenters. The van der Waals surface area contributed by atoms with Crippen molar-refractivity contribution in [3.05, 3.63) is 51.9 Å². The predicted molar refractivity (Wildman–Crippen MR) is 102 cm³/mol. The summed E-state index contributed by atoms with van der Waals surface area (Å²) in [4.78, 5) is 1.29. The molecule has 0 saturated heterocycles. The van der Waals surface area contributed by atoms with Crippen molar-refractivity contribution >= 4 is 75.1 Å². The van der Waals surface area contributed by atoms with Crippen LogP contribution < -0.4 is 5.32 Å². The van der Waals surface area contributed by atoms with Crippen LogP contribution in [-0.2, 0) is 0 Å². The van der Waals surface area contributed by atoms with Crippen molar-refractivity contribution in [2.75, 3.05) is 6.54 Å². The van der Waals surface area contributed by atoms with Crippen LogP contribution in [0.1, 0.15) is 29.8 Å². The molecule has 0 bridgehead atoms. The highest BCUT2D eigenvalue weighted by Crippen LogP contribution is 2.38. The number of thiophene rings is 1. The third kappa shape index (κ3) is 4.40. The third-order valence-corrected chi connectivity index (χ3v) is 7.00. The van der Waals surface area contributed by atoms with Crippen molar-refractivity contribution in [1.82, 2.24) is 5.32 Å². The minimum Gasteiger partial charge on any atom is -0.306 e. The Hall–Kier alpha value is 0.800. The smallest absolute Gasteiger partial charge is 0.0843 e. The van der Waals surface area contributed by atoms with Gasteiger partial charge in [0, 0.05) is 18.3 Å². The number of rotatable bonds is 5. The molecule has 1 heterocycles. The lowest BCUT2D eigenvalue weighted by Crippen LogP contribution is -2.22. The van der Waals surface area contributed by atoms with Crippen LogP contribution in [-0.4, -0.2) is 6.54 Å². The van der Waals surface area contributed by atoms with Crippen molar-refractivity contribution in [3.8, 4) is 0 Å². The molecule has 1 N–H and O–H groups in total. The summed E-state index contributed by atoms with van der Waals surface area (Å²) >= 11 is 16.0. The molecule has 2 rings (SSSR count). The molecule has 0 saturated carbocycles. The molecule has 1 aromatic carbocycles. The van der Waals surface area contributed by atoms with Gasteiger partial charge in [-0.2, -0.15) is 0 Å². The molecule has 0 radical (unpaired) electrons. The lowest BCUT2D eigenvalue weighted by molar-refractivity contribution is 0.605. The topological polar surface area (TPSA) is 12.0 Å². The van der Waals surface area contributed by atoms with Crippen LogP contribution >= 0.6 is 75.1 Å². The average Bonchev–Trinajstić information content (AvgIpc) is 2.69. The maximum Gasteiger partial charge on any atom is 0.0843 e. The van der Waals surface area contributed by atoms with Crippen LogP contribution in [0.25, 0.3) is 0 Å². The van der Waals surface area contributed by atoms with Crippen LogP contribution in [0.5, 0.6) is 0 Å². The molecule has 0 fully saturated rings. The molecular weight excluding hydrogens is 534 g/mol. The lowest BCUT2D eigenvalue weighted by Gasteiger charge is -2.18. The van der Waals surface area contributed by atoms with E-state index in [1.807, 2.05) is 0 Å². The minimum absolute atomic E-state index is 0.205. The number of nitrogens with one attached hydrogen (secondary N) is 1. The standard InChI is InChI=1S/C14H13Br4NS/c1-2-3-19-13(12-7-11(17)14(18)20-12)8-4-9(15)6-10(16)5-8/h4-7,13,19H,2-3H2,1H3. The quantitative estimate of drug-likeness (QED) is 0.431. The van der Waals surface area contributed by atoms with Crippen LogP contribution in [0.15, 0.2) is 41.5 Å². The highest BCUT2D eigenvalue weighted by atomic mass is 79.9. The zero-order valence-electron chi connectivity index (χ0n) is 10.7. The summed E-state index contributed by atoms with van der Waals surface area (Å²) in [5.74, 6) is 0. The Morgan fingerprint density at radius 3 is 2.20 bits per heavy atom. The monoisotopic (exact) mass is 543 g/mol. The largest absolute Gasteiger partial charge is 0.306 e. The van der Waals surface area contributed by atoms with Crippen molar-refractivity contribution in [2.24, 2.45) is 0 Å². The fraction of sp³-hybridized carbons (Fsp3) is 0.286. The average molecular weight is 547 g/mol. The molecule has 2 aromatic rings. The molecule has 108 valence electrons. The van der Waals surface area contributed by atoms with Crippen molar-refractivity contribution in [3.63, 3.8) is 0 Å². The van der Waals surface area contributed by atoms with Gasteiger partial charge in [-0.25, -0.2) is 0 Å². The van der Waals surface area contributed by atoms with E-state index in [4.69, 9.17) is 0 Å². The summed E-state index contributed by atoms with van der Waals surface area (Å²) in [6, 6.07) is 8.77. The van der Waals surface area contributed by atoms with Crippen LogP contribution in [0, 0.1) is 0 Å².